The number of hydrogen-bond donors (Lipinski definition) is 2. The van der Waals surface area contributed by atoms with Crippen molar-refractivity contribution in [1.82, 2.24) is 14.5 Å². The number of benzene rings is 2. The van der Waals surface area contributed by atoms with Gasteiger partial charge in [0, 0.05) is 28.7 Å². The van der Waals surface area contributed by atoms with Crippen molar-refractivity contribution in [3.05, 3.63) is 63.4 Å². The maximum absolute atomic E-state index is 13.1. The number of nitrogens with one attached hydrogen (secondary N) is 2. The Kier molecular flexibility index (Phi) is 6.31. The number of amides is 1. The zero-order chi connectivity index (χ0) is 22.0. The third-order valence-electron chi connectivity index (χ3n) is 4.88. The Labute approximate surface area is 187 Å². The van der Waals surface area contributed by atoms with Crippen molar-refractivity contribution in [3.8, 4) is 0 Å². The highest BCUT2D eigenvalue weighted by Gasteiger charge is 2.17. The fourth-order valence-corrected chi connectivity index (χ4v) is 4.26. The summed E-state index contributed by atoms with van der Waals surface area (Å²) in [6, 6.07) is 13.0. The second-order valence-electron chi connectivity index (χ2n) is 7.04. The van der Waals surface area contributed by atoms with E-state index in [4.69, 9.17) is 21.3 Å². The molecule has 31 heavy (non-hydrogen) atoms. The minimum Gasteiger partial charge on any atom is -0.383 e. The highest BCUT2D eigenvalue weighted by atomic mass is 35.5. The van der Waals surface area contributed by atoms with Gasteiger partial charge in [0.15, 0.2) is 5.16 Å². The number of ether oxygens (including phenoxy) is 1. The van der Waals surface area contributed by atoms with Crippen LogP contribution in [0.15, 0.2) is 52.4 Å². The van der Waals surface area contributed by atoms with E-state index in [9.17, 15) is 9.59 Å². The van der Waals surface area contributed by atoms with Crippen molar-refractivity contribution >= 4 is 56.9 Å². The van der Waals surface area contributed by atoms with Gasteiger partial charge < -0.3 is 15.0 Å². The molecule has 2 N–H and O–H groups in total. The molecule has 0 spiro atoms. The van der Waals surface area contributed by atoms with Crippen LogP contribution in [0.1, 0.15) is 5.56 Å². The standard InChI is InChI=1S/C22H21ClN4O3S/c1-13-7-8-14(11-16(13)23)24-18(28)12-31-22-26-19-15-5-3-4-6-17(15)25-20(19)21(29)27(22)9-10-30-2/h3-8,11,25H,9-10,12H2,1-2H3,(H,24,28). The number of thioether (sulfide) groups is 1. The summed E-state index contributed by atoms with van der Waals surface area (Å²) in [6.07, 6.45) is 0. The summed E-state index contributed by atoms with van der Waals surface area (Å²) >= 11 is 7.34. The van der Waals surface area contributed by atoms with Crippen LogP contribution < -0.4 is 10.9 Å². The third-order valence-corrected chi connectivity index (χ3v) is 6.27. The number of anilines is 1. The number of methoxy groups -OCH3 is 1. The lowest BCUT2D eigenvalue weighted by Crippen LogP contribution is -2.26. The predicted octanol–water partition coefficient (Wildman–Crippen LogP) is 4.22. The molecular weight excluding hydrogens is 436 g/mol. The molecular formula is C22H21ClN4O3S. The lowest BCUT2D eigenvalue weighted by molar-refractivity contribution is -0.113. The first kappa shape index (κ1) is 21.4. The van der Waals surface area contributed by atoms with E-state index in [-0.39, 0.29) is 17.2 Å². The Balaban J connectivity index is 1.63. The maximum atomic E-state index is 13.1. The molecule has 0 radical (unpaired) electrons. The second kappa shape index (κ2) is 9.13. The van der Waals surface area contributed by atoms with Crippen LogP contribution in [0, 0.1) is 6.92 Å². The number of carbonyl (C=O) groups is 1. The summed E-state index contributed by atoms with van der Waals surface area (Å²) in [5.41, 5.74) is 3.26. The number of nitrogens with zero attached hydrogens (tertiary/aromatic N) is 2. The molecule has 2 heterocycles. The van der Waals surface area contributed by atoms with E-state index < -0.39 is 0 Å². The molecule has 0 saturated heterocycles. The van der Waals surface area contributed by atoms with Gasteiger partial charge in [-0.3, -0.25) is 14.2 Å². The minimum absolute atomic E-state index is 0.0960. The van der Waals surface area contributed by atoms with Gasteiger partial charge >= 0.3 is 0 Å². The molecule has 9 heteroatoms. The molecule has 2 aromatic carbocycles. The van der Waals surface area contributed by atoms with E-state index in [1.54, 1.807) is 23.8 Å². The number of halogens is 1. The number of aromatic nitrogens is 3. The van der Waals surface area contributed by atoms with Crippen molar-refractivity contribution in [1.29, 1.82) is 0 Å². The summed E-state index contributed by atoms with van der Waals surface area (Å²) in [5.74, 6) is -0.116. The van der Waals surface area contributed by atoms with Gasteiger partial charge in [-0.25, -0.2) is 4.98 Å². The Morgan fingerprint density at radius 3 is 2.87 bits per heavy atom. The topological polar surface area (TPSA) is 89.0 Å². The number of carbonyl (C=O) groups excluding carboxylic acids is 1. The predicted molar refractivity (Wildman–Crippen MR) is 125 cm³/mol. The highest BCUT2D eigenvalue weighted by Crippen LogP contribution is 2.25. The first-order chi connectivity index (χ1) is 15.0. The highest BCUT2D eigenvalue weighted by molar-refractivity contribution is 7.99. The molecule has 160 valence electrons. The van der Waals surface area contributed by atoms with Crippen LogP contribution in [0.25, 0.3) is 21.9 Å². The maximum Gasteiger partial charge on any atom is 0.278 e. The number of hydrogen-bond acceptors (Lipinski definition) is 5. The van der Waals surface area contributed by atoms with E-state index >= 15 is 0 Å². The largest absolute Gasteiger partial charge is 0.383 e. The lowest BCUT2D eigenvalue weighted by atomic mass is 10.2. The lowest BCUT2D eigenvalue weighted by Gasteiger charge is -2.12. The molecule has 0 saturated carbocycles. The fraction of sp³-hybridized carbons (Fsp3) is 0.227. The average molecular weight is 457 g/mol. The number of H-pyrrole nitrogens is 1. The van der Waals surface area contributed by atoms with E-state index in [1.165, 1.54) is 11.8 Å². The van der Waals surface area contributed by atoms with Crippen molar-refractivity contribution < 1.29 is 9.53 Å². The summed E-state index contributed by atoms with van der Waals surface area (Å²) in [4.78, 5) is 33.5. The van der Waals surface area contributed by atoms with Crippen LogP contribution in [-0.4, -0.2) is 39.9 Å². The Bertz CT molecular complexity index is 1330. The van der Waals surface area contributed by atoms with Crippen molar-refractivity contribution in [2.75, 3.05) is 24.8 Å². The third kappa shape index (κ3) is 4.46. The van der Waals surface area contributed by atoms with Gasteiger partial charge in [0.1, 0.15) is 11.0 Å². The number of para-hydroxylation sites is 1. The minimum atomic E-state index is -0.212. The van der Waals surface area contributed by atoms with Crippen molar-refractivity contribution in [2.24, 2.45) is 0 Å². The van der Waals surface area contributed by atoms with Crippen LogP contribution in [0.2, 0.25) is 5.02 Å². The second-order valence-corrected chi connectivity index (χ2v) is 8.39. The van der Waals surface area contributed by atoms with Crippen LogP contribution in [-0.2, 0) is 16.1 Å². The van der Waals surface area contributed by atoms with Gasteiger partial charge in [0.2, 0.25) is 5.91 Å². The summed E-state index contributed by atoms with van der Waals surface area (Å²) in [5, 5.41) is 4.76. The molecule has 7 nitrogen and oxygen atoms in total. The molecule has 1 amide bonds. The molecule has 0 atom stereocenters. The molecule has 2 aromatic heterocycles. The Morgan fingerprint density at radius 1 is 1.29 bits per heavy atom. The fourth-order valence-electron chi connectivity index (χ4n) is 3.26. The average Bonchev–Trinajstić information content (AvgIpc) is 3.13. The molecule has 0 bridgehead atoms. The number of fused-ring (bicyclic) bond motifs is 3. The smallest absolute Gasteiger partial charge is 0.278 e. The zero-order valence-electron chi connectivity index (χ0n) is 17.1. The van der Waals surface area contributed by atoms with Gasteiger partial charge in [0.05, 0.1) is 18.9 Å². The first-order valence-corrected chi connectivity index (χ1v) is 11.0. The molecule has 0 fully saturated rings. The van der Waals surface area contributed by atoms with Crippen molar-refractivity contribution in [2.45, 2.75) is 18.6 Å². The summed E-state index contributed by atoms with van der Waals surface area (Å²) in [7, 11) is 1.58. The number of rotatable bonds is 7. The van der Waals surface area contributed by atoms with Crippen LogP contribution >= 0.6 is 23.4 Å². The summed E-state index contributed by atoms with van der Waals surface area (Å²) < 4.78 is 6.70. The first-order valence-electron chi connectivity index (χ1n) is 9.67. The molecule has 0 aliphatic rings. The summed E-state index contributed by atoms with van der Waals surface area (Å²) in [6.45, 7) is 2.59. The van der Waals surface area contributed by atoms with E-state index in [0.29, 0.717) is 40.1 Å². The van der Waals surface area contributed by atoms with E-state index in [0.717, 1.165) is 16.5 Å². The molecule has 0 aliphatic carbocycles. The van der Waals surface area contributed by atoms with Crippen LogP contribution in [0.4, 0.5) is 5.69 Å². The molecule has 0 unspecified atom stereocenters. The quantitative estimate of drug-likeness (QED) is 0.321. The Morgan fingerprint density at radius 2 is 2.10 bits per heavy atom. The van der Waals surface area contributed by atoms with Gasteiger partial charge in [-0.1, -0.05) is 47.6 Å². The zero-order valence-corrected chi connectivity index (χ0v) is 18.6. The van der Waals surface area contributed by atoms with Gasteiger partial charge in [-0.15, -0.1) is 0 Å². The normalized spacial score (nSPS) is 11.3. The van der Waals surface area contributed by atoms with Crippen molar-refractivity contribution in [3.63, 3.8) is 0 Å². The van der Waals surface area contributed by atoms with Gasteiger partial charge in [-0.2, -0.15) is 0 Å². The monoisotopic (exact) mass is 456 g/mol. The Hall–Kier alpha value is -2.81. The SMILES string of the molecule is COCCn1c(SCC(=O)Nc2ccc(C)c(Cl)c2)nc2c([nH]c3ccccc32)c1=O. The van der Waals surface area contributed by atoms with E-state index in [2.05, 4.69) is 10.3 Å². The molecule has 4 aromatic rings. The van der Waals surface area contributed by atoms with E-state index in [1.807, 2.05) is 37.3 Å². The molecule has 0 aliphatic heterocycles. The number of aromatic amines is 1. The van der Waals surface area contributed by atoms with Crippen LogP contribution in [0.3, 0.4) is 0 Å². The number of aryl methyl sites for hydroxylation is 1. The van der Waals surface area contributed by atoms with Gasteiger partial charge in [0.25, 0.3) is 5.56 Å². The van der Waals surface area contributed by atoms with Crippen LogP contribution in [0.5, 0.6) is 0 Å². The van der Waals surface area contributed by atoms with Gasteiger partial charge in [-0.05, 0) is 30.7 Å². The molecule has 4 rings (SSSR count).